The molecule has 14 aromatic rings. The first-order valence-corrected chi connectivity index (χ1v) is 38.2. The predicted molar refractivity (Wildman–Crippen MR) is 429 cm³/mol. The van der Waals surface area contributed by atoms with E-state index in [9.17, 15) is 69.0 Å². The molecule has 0 unspecified atom stereocenters. The average Bonchev–Trinajstić information content (AvgIpc) is 0.764. The van der Waals surface area contributed by atoms with Gasteiger partial charge in [-0.25, -0.2) is 63.0 Å². The summed E-state index contributed by atoms with van der Waals surface area (Å²) in [5.74, 6) is -5.81. The highest BCUT2D eigenvalue weighted by molar-refractivity contribution is 7.88. The maximum Gasteiger partial charge on any atom is 0.534 e. The van der Waals surface area contributed by atoms with Crippen LogP contribution in [0.3, 0.4) is 0 Å². The number of pyridine rings is 6. The largest absolute Gasteiger partial charge is 0.534 e. The summed E-state index contributed by atoms with van der Waals surface area (Å²) in [5, 5.41) is 17.5. The van der Waals surface area contributed by atoms with Crippen LogP contribution in [-0.2, 0) is 63.8 Å². The van der Waals surface area contributed by atoms with E-state index in [0.717, 1.165) is 44.9 Å². The van der Waals surface area contributed by atoms with E-state index in [4.69, 9.17) is 33.6 Å². The fourth-order valence-corrected chi connectivity index (χ4v) is 12.3. The van der Waals surface area contributed by atoms with Gasteiger partial charge in [-0.2, -0.15) is 21.6 Å². The molecule has 0 saturated carbocycles. The number of alkyl halides is 3. The fraction of sp³-hybridized carbons (Fsp3) is 0.207. The molecule has 3 N–H and O–H groups in total. The van der Waals surface area contributed by atoms with E-state index in [1.807, 2.05) is 97.9 Å². The SMILES string of the molecule is CCOC(=O)c1c(NCc2cncc(F)c2)c2c(C)ncnc2n(OCc2ccccc2)c1=O.CCOC(=O)c1c(O)c2c(C)ncnc2n(OCc2ccccc2)c1=O.CCOC(=O)c1c(OS(=O)(=O)C(F)(F)F)c2c(C)ncnc2n(OCc2ccccc2)c1=O.Cc1ncnc2c1c(NCc1cncc(F)c1)cc(=O)n2OCc1ccccc1. The molecule has 0 bridgehead atoms. The number of rotatable bonds is 26. The summed E-state index contributed by atoms with van der Waals surface area (Å²) in [5.41, 5.74) is -4.22. The zero-order valence-electron chi connectivity index (χ0n) is 65.7. The third-order valence-electron chi connectivity index (χ3n) is 17.4. The molecule has 0 fully saturated rings. The lowest BCUT2D eigenvalue weighted by atomic mass is 10.1. The molecule has 0 radical (unpaired) electrons. The summed E-state index contributed by atoms with van der Waals surface area (Å²) in [4.78, 5) is 153. The maximum atomic E-state index is 13.6. The van der Waals surface area contributed by atoms with Crippen LogP contribution in [0.5, 0.6) is 11.5 Å². The molecule has 10 aromatic heterocycles. The molecule has 630 valence electrons. The standard InChI is InChI=1S/C24H22FN5O4.C21H18FN5O2.C19H16F3N3O7S.C18H17N3O5/c1-3-33-24(32)20-21(27-11-17-9-18(25)12-26-10-17)19-15(2)28-14-29-22(19)30(23(20)31)34-13-16-7-5-4-6-8-16;1-14-20-18(24-10-16-7-17(22)11-23-9-16)8-19(28)27(21(20)26-13-25-14)29-12-15-5-3-2-4-6-15;1-3-30-18(27)14-15(32-33(28,29)19(20,21)22)13-11(2)23-10-24-16(13)25(17(14)26)31-9-12-7-5-4-6-8-12;1-3-25-18(24)14-15(22)13-11(2)19-10-20-16(13)21(17(14)23)26-9-12-7-5-4-6-8-12/h4-10,12,14,27H,3,11,13H2,1-2H3;2-9,11,13,24H,10,12H2,1H3;4-8,10H,3,9H2,1-2H3;4-8,10,22H,3,9H2,1-2H3. The van der Waals surface area contributed by atoms with Crippen LogP contribution < -0.4 is 56.4 Å². The van der Waals surface area contributed by atoms with Crippen LogP contribution in [0.2, 0.25) is 0 Å². The topological polar surface area (TPSA) is 420 Å². The molecule has 0 atom stereocenters. The van der Waals surface area contributed by atoms with Crippen LogP contribution in [-0.4, -0.2) is 126 Å². The zero-order valence-corrected chi connectivity index (χ0v) is 66.5. The number of carbonyl (C=O) groups excluding carboxylic acids is 3. The van der Waals surface area contributed by atoms with Gasteiger partial charge in [0, 0.05) is 31.5 Å². The Kier molecular flexibility index (Phi) is 28.6. The lowest BCUT2D eigenvalue weighted by Crippen LogP contribution is -2.35. The van der Waals surface area contributed by atoms with Gasteiger partial charge in [-0.1, -0.05) is 121 Å². The molecule has 0 aliphatic rings. The van der Waals surface area contributed by atoms with E-state index in [1.54, 1.807) is 64.2 Å². The zero-order chi connectivity index (χ0) is 87.4. The number of hydrogen-bond donors (Lipinski definition) is 3. The minimum Gasteiger partial charge on any atom is -0.506 e. The number of aromatic nitrogens is 14. The van der Waals surface area contributed by atoms with Gasteiger partial charge in [0.05, 0.1) is 87.9 Å². The van der Waals surface area contributed by atoms with Gasteiger partial charge in [-0.05, 0) is 94.0 Å². The quantitative estimate of drug-likeness (QED) is 0.0149. The van der Waals surface area contributed by atoms with Crippen molar-refractivity contribution >= 4 is 83.5 Å². The lowest BCUT2D eigenvalue weighted by Gasteiger charge is -2.18. The van der Waals surface area contributed by atoms with Crippen LogP contribution in [0.4, 0.5) is 33.3 Å². The number of anilines is 2. The second-order valence-corrected chi connectivity index (χ2v) is 27.2. The van der Waals surface area contributed by atoms with Gasteiger partial charge in [-0.3, -0.25) is 29.1 Å². The fourth-order valence-electron chi connectivity index (χ4n) is 11.8. The molecule has 0 aliphatic heterocycles. The van der Waals surface area contributed by atoms with Crippen LogP contribution >= 0.6 is 0 Å². The number of hydrogen-bond acceptors (Lipinski definition) is 30. The van der Waals surface area contributed by atoms with Crippen molar-refractivity contribution in [2.75, 3.05) is 30.5 Å². The Morgan fingerprint density at radius 2 is 0.770 bits per heavy atom. The minimum atomic E-state index is -6.27. The predicted octanol–water partition coefficient (Wildman–Crippen LogP) is 9.67. The Hall–Kier alpha value is -15.3. The Bertz CT molecular complexity index is 6540. The number of halogens is 5. The van der Waals surface area contributed by atoms with Crippen molar-refractivity contribution in [3.8, 4) is 11.5 Å². The van der Waals surface area contributed by atoms with Crippen molar-refractivity contribution in [2.24, 2.45) is 0 Å². The number of aromatic hydroxyl groups is 1. The van der Waals surface area contributed by atoms with Crippen LogP contribution in [0.25, 0.3) is 44.1 Å². The van der Waals surface area contributed by atoms with E-state index in [2.05, 4.69) is 64.7 Å². The molecule has 0 spiro atoms. The molecule has 122 heavy (non-hydrogen) atoms. The van der Waals surface area contributed by atoms with E-state index in [1.165, 1.54) is 62.0 Å². The van der Waals surface area contributed by atoms with Gasteiger partial charge in [0.2, 0.25) is 0 Å². The van der Waals surface area contributed by atoms with Crippen molar-refractivity contribution < 1.29 is 87.6 Å². The first-order chi connectivity index (χ1) is 58.6. The summed E-state index contributed by atoms with van der Waals surface area (Å²) in [6.07, 6.45) is 10.2. The average molecular weight is 1700 g/mol. The van der Waals surface area contributed by atoms with Crippen LogP contribution in [0.1, 0.15) is 108 Å². The van der Waals surface area contributed by atoms with E-state index >= 15 is 0 Å². The maximum absolute atomic E-state index is 13.6. The molecule has 14 rings (SSSR count). The third kappa shape index (κ3) is 20.6. The number of ether oxygens (including phenoxy) is 3. The van der Waals surface area contributed by atoms with Gasteiger partial charge in [0.25, 0.3) is 5.56 Å². The van der Waals surface area contributed by atoms with Crippen molar-refractivity contribution in [1.82, 2.24) is 68.8 Å². The van der Waals surface area contributed by atoms with Crippen molar-refractivity contribution in [1.29, 1.82) is 0 Å². The van der Waals surface area contributed by atoms with Gasteiger partial charge in [0.1, 0.15) is 69.1 Å². The second kappa shape index (κ2) is 39.8. The summed E-state index contributed by atoms with van der Waals surface area (Å²) < 4.78 is 112. The number of esters is 3. The van der Waals surface area contributed by atoms with E-state index in [0.29, 0.717) is 67.2 Å². The summed E-state index contributed by atoms with van der Waals surface area (Å²) in [7, 11) is -6.27. The molecule has 0 saturated heterocycles. The lowest BCUT2D eigenvalue weighted by molar-refractivity contribution is -0.0500. The molecule has 0 aliphatic carbocycles. The van der Waals surface area contributed by atoms with Crippen LogP contribution in [0.15, 0.2) is 209 Å². The Morgan fingerprint density at radius 1 is 0.426 bits per heavy atom. The second-order valence-electron chi connectivity index (χ2n) is 25.7. The van der Waals surface area contributed by atoms with Crippen molar-refractivity contribution in [3.63, 3.8) is 0 Å². The first-order valence-electron chi connectivity index (χ1n) is 36.8. The van der Waals surface area contributed by atoms with Crippen molar-refractivity contribution in [3.05, 3.63) is 316 Å². The molecular formula is C82H73F5N16O18S. The highest BCUT2D eigenvalue weighted by Crippen LogP contribution is 2.36. The number of benzene rings is 4. The summed E-state index contributed by atoms with van der Waals surface area (Å²) in [6, 6.07) is 40.6. The monoisotopic (exact) mass is 1700 g/mol. The molecule has 34 nitrogen and oxygen atoms in total. The van der Waals surface area contributed by atoms with E-state index < -0.39 is 95.5 Å². The summed E-state index contributed by atoms with van der Waals surface area (Å²) >= 11 is 0. The smallest absolute Gasteiger partial charge is 0.506 e. The minimum absolute atomic E-state index is 0.0604. The molecule has 40 heteroatoms. The number of aryl methyl sites for hydroxylation is 4. The van der Waals surface area contributed by atoms with Gasteiger partial charge < -0.3 is 53.5 Å². The number of carbonyl (C=O) groups is 3. The Labute approximate surface area is 687 Å². The van der Waals surface area contributed by atoms with E-state index in [-0.39, 0.29) is 92.0 Å². The van der Waals surface area contributed by atoms with Gasteiger partial charge in [-0.15, -0.1) is 18.9 Å². The molecule has 10 heterocycles. The highest BCUT2D eigenvalue weighted by Gasteiger charge is 2.50. The van der Waals surface area contributed by atoms with Gasteiger partial charge >= 0.3 is 50.2 Å². The number of fused-ring (bicyclic) bond motifs is 4. The van der Waals surface area contributed by atoms with Crippen molar-refractivity contribution in [2.45, 2.75) is 93.5 Å². The number of nitrogens with one attached hydrogen (secondary N) is 2. The summed E-state index contributed by atoms with van der Waals surface area (Å²) in [6.45, 7) is 11.5. The van der Waals surface area contributed by atoms with Gasteiger partial charge in [0.15, 0.2) is 45.0 Å². The molecule has 0 amide bonds. The normalized spacial score (nSPS) is 11.1. The Morgan fingerprint density at radius 3 is 1.19 bits per heavy atom. The molecular weight excluding hydrogens is 1620 g/mol. The number of nitrogens with zero attached hydrogens (tertiary/aromatic N) is 14. The molecule has 4 aromatic carbocycles. The first kappa shape index (κ1) is 87.6. The Balaban J connectivity index is 0.000000159. The highest BCUT2D eigenvalue weighted by atomic mass is 32.2. The third-order valence-corrected chi connectivity index (χ3v) is 18.4. The van der Waals surface area contributed by atoms with Crippen LogP contribution in [0, 0.1) is 39.3 Å².